The van der Waals surface area contributed by atoms with Gasteiger partial charge in [0.2, 0.25) is 0 Å². The zero-order valence-corrected chi connectivity index (χ0v) is 15.3. The molecule has 2 aromatic heterocycles. The van der Waals surface area contributed by atoms with E-state index in [1.807, 2.05) is 48.8 Å². The number of pyridine rings is 1. The summed E-state index contributed by atoms with van der Waals surface area (Å²) in [5.74, 6) is 1.79. The third-order valence-electron chi connectivity index (χ3n) is 6.05. The maximum atomic E-state index is 6.40. The summed E-state index contributed by atoms with van der Waals surface area (Å²) >= 11 is 0. The van der Waals surface area contributed by atoms with Crippen LogP contribution in [0.2, 0.25) is 0 Å². The van der Waals surface area contributed by atoms with E-state index in [0.717, 1.165) is 30.5 Å². The first-order valence-electron chi connectivity index (χ1n) is 9.73. The summed E-state index contributed by atoms with van der Waals surface area (Å²) in [4.78, 5) is 11.9. The van der Waals surface area contributed by atoms with Crippen molar-refractivity contribution in [2.75, 3.05) is 13.1 Å². The molecule has 3 fully saturated rings. The van der Waals surface area contributed by atoms with Crippen LogP contribution in [-0.4, -0.2) is 40.9 Å². The van der Waals surface area contributed by atoms with Crippen LogP contribution in [0.4, 0.5) is 0 Å². The average molecular weight is 360 g/mol. The maximum Gasteiger partial charge on any atom is 0.169 e. The minimum absolute atomic E-state index is 0.209. The molecule has 6 rings (SSSR count). The number of piperidine rings is 3. The minimum atomic E-state index is 0.209. The number of aliphatic imine (C=N–C) groups is 1. The van der Waals surface area contributed by atoms with Crippen LogP contribution in [0.3, 0.4) is 0 Å². The molecule has 0 spiro atoms. The van der Waals surface area contributed by atoms with E-state index in [1.54, 1.807) is 0 Å². The summed E-state index contributed by atoms with van der Waals surface area (Å²) < 4.78 is 5.93. The molecule has 2 N–H and O–H groups in total. The second-order valence-electron chi connectivity index (χ2n) is 7.66. The van der Waals surface area contributed by atoms with Gasteiger partial charge in [0, 0.05) is 23.8 Å². The van der Waals surface area contributed by atoms with E-state index in [4.69, 9.17) is 15.1 Å². The van der Waals surface area contributed by atoms with Crippen molar-refractivity contribution in [2.24, 2.45) is 16.6 Å². The molecule has 0 amide bonds. The first kappa shape index (κ1) is 16.5. The fourth-order valence-electron chi connectivity index (χ4n) is 4.66. The summed E-state index contributed by atoms with van der Waals surface area (Å²) in [5.41, 5.74) is 8.52. The van der Waals surface area contributed by atoms with Crippen LogP contribution in [0.5, 0.6) is 0 Å². The number of rotatable bonds is 4. The fraction of sp³-hybridized carbons (Fsp3) is 0.364. The van der Waals surface area contributed by atoms with Crippen molar-refractivity contribution in [1.82, 2.24) is 9.88 Å². The third kappa shape index (κ3) is 3.12. The van der Waals surface area contributed by atoms with Crippen molar-refractivity contribution >= 4 is 16.8 Å². The van der Waals surface area contributed by atoms with E-state index < -0.39 is 0 Å². The van der Waals surface area contributed by atoms with Gasteiger partial charge in [-0.05, 0) is 62.0 Å². The molecule has 5 heteroatoms. The summed E-state index contributed by atoms with van der Waals surface area (Å²) in [7, 11) is 0. The molecule has 3 aliphatic rings. The Morgan fingerprint density at radius 1 is 1.19 bits per heavy atom. The lowest BCUT2D eigenvalue weighted by Crippen LogP contribution is -2.58. The molecule has 2 atom stereocenters. The molecule has 0 radical (unpaired) electrons. The fourth-order valence-corrected chi connectivity index (χ4v) is 4.66. The maximum absolute atomic E-state index is 6.40. The van der Waals surface area contributed by atoms with Gasteiger partial charge in [-0.3, -0.25) is 14.9 Å². The Morgan fingerprint density at radius 2 is 2.04 bits per heavy atom. The molecule has 5 heterocycles. The highest BCUT2D eigenvalue weighted by atomic mass is 16.3. The zero-order valence-electron chi connectivity index (χ0n) is 15.3. The highest BCUT2D eigenvalue weighted by molar-refractivity contribution is 5.98. The molecular weight excluding hydrogens is 336 g/mol. The molecule has 0 saturated carbocycles. The van der Waals surface area contributed by atoms with Crippen LogP contribution in [0.15, 0.2) is 64.3 Å². The number of para-hydroxylation sites is 1. The van der Waals surface area contributed by atoms with E-state index in [1.165, 1.54) is 18.4 Å². The summed E-state index contributed by atoms with van der Waals surface area (Å²) in [6.45, 7) is 2.32. The van der Waals surface area contributed by atoms with Crippen LogP contribution in [-0.2, 0) is 6.42 Å². The molecule has 0 unspecified atom stereocenters. The van der Waals surface area contributed by atoms with Gasteiger partial charge in [0.15, 0.2) is 11.6 Å². The molecule has 3 aliphatic heterocycles. The lowest BCUT2D eigenvalue weighted by atomic mass is 9.77. The minimum Gasteiger partial charge on any atom is -0.453 e. The molecule has 27 heavy (non-hydrogen) atoms. The standard InChI is InChI=1S/C22H24N4O/c23-22(20-13-17-5-1-2-6-19(17)27-20)25-21-16-7-10-26(11-8-16)18(21)12-15-4-3-9-24-14-15/h1-6,9,13-14,16,18,21H,7-8,10-12H2,(H2,23,25)/t18-,21+/m0/s1. The lowest BCUT2D eigenvalue weighted by Gasteiger charge is -2.49. The number of aromatic nitrogens is 1. The Morgan fingerprint density at radius 3 is 2.81 bits per heavy atom. The monoisotopic (exact) mass is 360 g/mol. The van der Waals surface area contributed by atoms with Crippen molar-refractivity contribution in [3.8, 4) is 0 Å². The van der Waals surface area contributed by atoms with Crippen LogP contribution < -0.4 is 5.73 Å². The highest BCUT2D eigenvalue weighted by Gasteiger charge is 2.42. The number of benzene rings is 1. The second-order valence-corrected chi connectivity index (χ2v) is 7.66. The van der Waals surface area contributed by atoms with Gasteiger partial charge in [-0.1, -0.05) is 24.3 Å². The normalized spacial score (nSPS) is 27.9. The van der Waals surface area contributed by atoms with Gasteiger partial charge < -0.3 is 10.2 Å². The number of hydrogen-bond donors (Lipinski definition) is 1. The Hall–Kier alpha value is -2.66. The molecule has 1 aromatic carbocycles. The van der Waals surface area contributed by atoms with Gasteiger partial charge in [-0.15, -0.1) is 0 Å². The summed E-state index contributed by atoms with van der Waals surface area (Å²) in [5, 5.41) is 1.06. The van der Waals surface area contributed by atoms with E-state index in [0.29, 0.717) is 23.6 Å². The Kier molecular flexibility index (Phi) is 4.17. The van der Waals surface area contributed by atoms with Crippen LogP contribution in [0.25, 0.3) is 11.0 Å². The Balaban J connectivity index is 1.46. The lowest BCUT2D eigenvalue weighted by molar-refractivity contribution is 0.0296. The SMILES string of the molecule is NC(=N[C@@H]1C2CCN(CC2)[C@H]1Cc1cccnc1)c1cc2ccccc2o1. The molecule has 5 nitrogen and oxygen atoms in total. The molecule has 2 bridgehead atoms. The van der Waals surface area contributed by atoms with Gasteiger partial charge in [-0.25, -0.2) is 0 Å². The highest BCUT2D eigenvalue weighted by Crippen LogP contribution is 2.36. The van der Waals surface area contributed by atoms with Crippen LogP contribution in [0, 0.1) is 5.92 Å². The molecule has 138 valence electrons. The molecular formula is C22H24N4O. The van der Waals surface area contributed by atoms with E-state index >= 15 is 0 Å². The largest absolute Gasteiger partial charge is 0.453 e. The topological polar surface area (TPSA) is 67.7 Å². The van der Waals surface area contributed by atoms with Gasteiger partial charge in [0.25, 0.3) is 0 Å². The predicted octanol–water partition coefficient (Wildman–Crippen LogP) is 3.24. The number of amidine groups is 1. The van der Waals surface area contributed by atoms with E-state index in [2.05, 4.69) is 16.0 Å². The summed E-state index contributed by atoms with van der Waals surface area (Å²) in [6, 6.07) is 14.7. The Bertz CT molecular complexity index is 924. The van der Waals surface area contributed by atoms with Crippen LogP contribution in [0.1, 0.15) is 24.2 Å². The van der Waals surface area contributed by atoms with Crippen molar-refractivity contribution in [3.05, 3.63) is 66.2 Å². The molecule has 3 saturated heterocycles. The van der Waals surface area contributed by atoms with E-state index in [9.17, 15) is 0 Å². The Labute approximate surface area is 158 Å². The number of fused-ring (bicyclic) bond motifs is 4. The first-order valence-corrected chi connectivity index (χ1v) is 9.73. The first-order chi connectivity index (χ1) is 13.3. The average Bonchev–Trinajstić information content (AvgIpc) is 3.16. The van der Waals surface area contributed by atoms with Gasteiger partial charge in [-0.2, -0.15) is 0 Å². The van der Waals surface area contributed by atoms with Gasteiger partial charge in [0.05, 0.1) is 6.04 Å². The predicted molar refractivity (Wildman–Crippen MR) is 107 cm³/mol. The summed E-state index contributed by atoms with van der Waals surface area (Å²) in [6.07, 6.45) is 7.15. The van der Waals surface area contributed by atoms with Crippen molar-refractivity contribution in [1.29, 1.82) is 0 Å². The quantitative estimate of drug-likeness (QED) is 0.573. The van der Waals surface area contributed by atoms with Crippen molar-refractivity contribution in [2.45, 2.75) is 31.3 Å². The zero-order chi connectivity index (χ0) is 18.2. The number of hydrogen-bond acceptors (Lipinski definition) is 4. The number of nitrogens with zero attached hydrogens (tertiary/aromatic N) is 3. The van der Waals surface area contributed by atoms with Crippen LogP contribution >= 0.6 is 0 Å². The van der Waals surface area contributed by atoms with Crippen molar-refractivity contribution < 1.29 is 4.42 Å². The van der Waals surface area contributed by atoms with E-state index in [-0.39, 0.29) is 6.04 Å². The van der Waals surface area contributed by atoms with Crippen molar-refractivity contribution in [3.63, 3.8) is 0 Å². The third-order valence-corrected chi connectivity index (χ3v) is 6.05. The number of nitrogens with two attached hydrogens (primary N) is 1. The smallest absolute Gasteiger partial charge is 0.169 e. The van der Waals surface area contributed by atoms with Gasteiger partial charge in [0.1, 0.15) is 5.58 Å². The number of furan rings is 1. The second kappa shape index (κ2) is 6.82. The van der Waals surface area contributed by atoms with Gasteiger partial charge >= 0.3 is 0 Å². The molecule has 3 aromatic rings. The molecule has 0 aliphatic carbocycles.